The fourth-order valence-corrected chi connectivity index (χ4v) is 1.75. The molecule has 4 nitrogen and oxygen atoms in total. The molecule has 1 atom stereocenters. The third kappa shape index (κ3) is 4.37. The topological polar surface area (TPSA) is 69.2 Å². The Kier molecular flexibility index (Phi) is 5.65. The normalized spacial score (nSPS) is 11.9. The molecule has 0 spiro atoms. The van der Waals surface area contributed by atoms with E-state index in [0.29, 0.717) is 17.1 Å². The fraction of sp³-hybridized carbons (Fsp3) is 0.385. The quantitative estimate of drug-likeness (QED) is 0.856. The van der Waals surface area contributed by atoms with E-state index in [1.54, 1.807) is 31.2 Å². The fourth-order valence-electron chi connectivity index (χ4n) is 1.57. The number of anilines is 1. The smallest absolute Gasteiger partial charge is 0.224 e. The number of amides is 1. The van der Waals surface area contributed by atoms with Gasteiger partial charge >= 0.3 is 0 Å². The molecule has 0 aliphatic carbocycles. The first-order valence-corrected chi connectivity index (χ1v) is 6.17. The Morgan fingerprint density at radius 1 is 1.39 bits per heavy atom. The van der Waals surface area contributed by atoms with Gasteiger partial charge < -0.3 is 15.2 Å². The summed E-state index contributed by atoms with van der Waals surface area (Å²) < 4.78 is 0. The van der Waals surface area contributed by atoms with E-state index in [4.69, 9.17) is 11.6 Å². The van der Waals surface area contributed by atoms with E-state index >= 15 is 0 Å². The number of carboxylic acid groups (broad SMARTS) is 1. The highest BCUT2D eigenvalue weighted by atomic mass is 35.5. The molecule has 0 radical (unpaired) electrons. The van der Waals surface area contributed by atoms with Crippen molar-refractivity contribution in [2.75, 3.05) is 5.32 Å². The molecule has 5 heteroatoms. The van der Waals surface area contributed by atoms with Gasteiger partial charge in [-0.1, -0.05) is 30.7 Å². The van der Waals surface area contributed by atoms with Gasteiger partial charge in [0.1, 0.15) is 0 Å². The zero-order valence-corrected chi connectivity index (χ0v) is 10.9. The maximum absolute atomic E-state index is 11.6. The summed E-state index contributed by atoms with van der Waals surface area (Å²) in [6, 6.07) is 6.89. The van der Waals surface area contributed by atoms with E-state index in [2.05, 4.69) is 5.32 Å². The summed E-state index contributed by atoms with van der Waals surface area (Å²) in [5.74, 6) is -1.94. The molecule has 1 rings (SSSR count). The lowest BCUT2D eigenvalue weighted by molar-refractivity contribution is -0.311. The number of carbonyl (C=O) groups is 2. The van der Waals surface area contributed by atoms with Gasteiger partial charge in [-0.05, 0) is 30.9 Å². The lowest BCUT2D eigenvalue weighted by Crippen LogP contribution is -2.31. The van der Waals surface area contributed by atoms with Crippen LogP contribution in [0.2, 0.25) is 5.02 Å². The van der Waals surface area contributed by atoms with Gasteiger partial charge in [0.25, 0.3) is 0 Å². The predicted molar refractivity (Wildman–Crippen MR) is 68.1 cm³/mol. The van der Waals surface area contributed by atoms with Gasteiger partial charge in [-0.2, -0.15) is 0 Å². The molecule has 0 heterocycles. The van der Waals surface area contributed by atoms with Crippen LogP contribution >= 0.6 is 11.6 Å². The largest absolute Gasteiger partial charge is 0.550 e. The van der Waals surface area contributed by atoms with Crippen LogP contribution in [0, 0.1) is 5.92 Å². The van der Waals surface area contributed by atoms with Crippen molar-refractivity contribution in [3.63, 3.8) is 0 Å². The maximum atomic E-state index is 11.6. The standard InChI is InChI=1S/C13H16ClNO3/c1-2-9(13(17)18)7-8-12(16)15-11-6-4-3-5-10(11)14/h3-6,9H,2,7-8H2,1H3,(H,15,16)(H,17,18)/p-1. The molecule has 0 saturated carbocycles. The second-order valence-corrected chi connectivity index (χ2v) is 4.40. The number of carboxylic acids is 1. The van der Waals surface area contributed by atoms with Crippen LogP contribution in [0.5, 0.6) is 0 Å². The third-order valence-corrected chi connectivity index (χ3v) is 3.02. The van der Waals surface area contributed by atoms with Crippen molar-refractivity contribution < 1.29 is 14.7 Å². The van der Waals surface area contributed by atoms with Crippen molar-refractivity contribution in [3.8, 4) is 0 Å². The van der Waals surface area contributed by atoms with E-state index in [-0.39, 0.29) is 18.7 Å². The van der Waals surface area contributed by atoms with E-state index in [1.165, 1.54) is 0 Å². The highest BCUT2D eigenvalue weighted by Crippen LogP contribution is 2.21. The van der Waals surface area contributed by atoms with Crippen molar-refractivity contribution in [1.29, 1.82) is 0 Å². The highest BCUT2D eigenvalue weighted by molar-refractivity contribution is 6.33. The molecular formula is C13H15ClNO3-. The number of rotatable bonds is 6. The summed E-state index contributed by atoms with van der Waals surface area (Å²) in [6.45, 7) is 1.76. The minimum atomic E-state index is -1.11. The molecule has 0 saturated heterocycles. The van der Waals surface area contributed by atoms with Gasteiger partial charge in [0, 0.05) is 12.4 Å². The first-order chi connectivity index (χ1) is 8.54. The molecule has 0 fully saturated rings. The summed E-state index contributed by atoms with van der Waals surface area (Å²) >= 11 is 5.89. The summed E-state index contributed by atoms with van der Waals surface area (Å²) in [6.07, 6.45) is 0.870. The first-order valence-electron chi connectivity index (χ1n) is 5.79. The Morgan fingerprint density at radius 3 is 2.61 bits per heavy atom. The van der Waals surface area contributed by atoms with Crippen LogP contribution in [0.15, 0.2) is 24.3 Å². The Balaban J connectivity index is 2.48. The van der Waals surface area contributed by atoms with E-state index in [0.717, 1.165) is 0 Å². The van der Waals surface area contributed by atoms with E-state index in [9.17, 15) is 14.7 Å². The Morgan fingerprint density at radius 2 is 2.06 bits per heavy atom. The average Bonchev–Trinajstić information content (AvgIpc) is 2.32. The van der Waals surface area contributed by atoms with E-state index in [1.807, 2.05) is 0 Å². The van der Waals surface area contributed by atoms with Gasteiger partial charge in [-0.3, -0.25) is 4.79 Å². The van der Waals surface area contributed by atoms with Gasteiger partial charge in [0.15, 0.2) is 0 Å². The van der Waals surface area contributed by atoms with Gasteiger partial charge in [-0.25, -0.2) is 0 Å². The number of hydrogen-bond donors (Lipinski definition) is 1. The number of nitrogens with one attached hydrogen (secondary N) is 1. The summed E-state index contributed by atoms with van der Waals surface area (Å²) in [7, 11) is 0. The minimum Gasteiger partial charge on any atom is -0.550 e. The Hall–Kier alpha value is -1.55. The molecule has 1 aromatic rings. The molecule has 1 N–H and O–H groups in total. The lowest BCUT2D eigenvalue weighted by Gasteiger charge is -2.15. The molecule has 1 unspecified atom stereocenters. The molecule has 0 aliphatic heterocycles. The monoisotopic (exact) mass is 268 g/mol. The summed E-state index contributed by atoms with van der Waals surface area (Å²) in [4.78, 5) is 22.3. The number of aliphatic carboxylic acids is 1. The molecule has 0 aliphatic rings. The molecule has 0 aromatic heterocycles. The first kappa shape index (κ1) is 14.5. The zero-order valence-electron chi connectivity index (χ0n) is 10.1. The van der Waals surface area contributed by atoms with Crippen molar-refractivity contribution >= 4 is 29.2 Å². The number of carbonyl (C=O) groups excluding carboxylic acids is 2. The second kappa shape index (κ2) is 7.01. The molecule has 1 aromatic carbocycles. The van der Waals surface area contributed by atoms with Gasteiger partial charge in [-0.15, -0.1) is 0 Å². The van der Waals surface area contributed by atoms with Gasteiger partial charge in [0.2, 0.25) is 5.91 Å². The van der Waals surface area contributed by atoms with Crippen LogP contribution < -0.4 is 10.4 Å². The van der Waals surface area contributed by atoms with Crippen LogP contribution in [0.3, 0.4) is 0 Å². The molecule has 1 amide bonds. The molecular weight excluding hydrogens is 254 g/mol. The van der Waals surface area contributed by atoms with Crippen LogP contribution in [0.1, 0.15) is 26.2 Å². The SMILES string of the molecule is CCC(CCC(=O)Nc1ccccc1Cl)C(=O)[O-]. The number of halogens is 1. The maximum Gasteiger partial charge on any atom is 0.224 e. The van der Waals surface area contributed by atoms with Crippen molar-refractivity contribution in [2.45, 2.75) is 26.2 Å². The van der Waals surface area contributed by atoms with Crippen LogP contribution in [-0.4, -0.2) is 11.9 Å². The minimum absolute atomic E-state index is 0.137. The number of para-hydroxylation sites is 1. The summed E-state index contributed by atoms with van der Waals surface area (Å²) in [5, 5.41) is 13.8. The zero-order chi connectivity index (χ0) is 13.5. The van der Waals surface area contributed by atoms with Crippen LogP contribution in [0.4, 0.5) is 5.69 Å². The average molecular weight is 269 g/mol. The Bertz CT molecular complexity index is 434. The molecule has 18 heavy (non-hydrogen) atoms. The van der Waals surface area contributed by atoms with Gasteiger partial charge in [0.05, 0.1) is 10.7 Å². The molecule has 98 valence electrons. The van der Waals surface area contributed by atoms with Crippen molar-refractivity contribution in [2.24, 2.45) is 5.92 Å². The Labute approximate surface area is 111 Å². The third-order valence-electron chi connectivity index (χ3n) is 2.69. The highest BCUT2D eigenvalue weighted by Gasteiger charge is 2.11. The number of benzene rings is 1. The summed E-state index contributed by atoms with van der Waals surface area (Å²) in [5.41, 5.74) is 0.533. The second-order valence-electron chi connectivity index (χ2n) is 3.99. The number of hydrogen-bond acceptors (Lipinski definition) is 3. The van der Waals surface area contributed by atoms with Crippen LogP contribution in [-0.2, 0) is 9.59 Å². The predicted octanol–water partition coefficient (Wildman–Crippen LogP) is 1.83. The van der Waals surface area contributed by atoms with Crippen LogP contribution in [0.25, 0.3) is 0 Å². The van der Waals surface area contributed by atoms with Crippen molar-refractivity contribution in [3.05, 3.63) is 29.3 Å². The van der Waals surface area contributed by atoms with Crippen molar-refractivity contribution in [1.82, 2.24) is 0 Å². The lowest BCUT2D eigenvalue weighted by atomic mass is 10.0. The van der Waals surface area contributed by atoms with E-state index < -0.39 is 11.9 Å². The molecule has 0 bridgehead atoms.